The van der Waals surface area contributed by atoms with E-state index in [4.69, 9.17) is 14.2 Å². The second-order valence-electron chi connectivity index (χ2n) is 23.9. The van der Waals surface area contributed by atoms with Gasteiger partial charge in [0.05, 0.1) is 25.4 Å². The van der Waals surface area contributed by atoms with Crippen LogP contribution in [0.4, 0.5) is 0 Å². The first-order valence-electron chi connectivity index (χ1n) is 34.4. The van der Waals surface area contributed by atoms with E-state index in [1.165, 1.54) is 199 Å². The summed E-state index contributed by atoms with van der Waals surface area (Å²) in [5.74, 6) is -1.19. The van der Waals surface area contributed by atoms with Gasteiger partial charge in [0.25, 0.3) is 0 Å². The number of nitrogens with one attached hydrogen (secondary N) is 1. The number of unbranched alkanes of at least 4 members (excludes halogenated alkanes) is 39. The Kier molecular flexibility index (Phi) is 54.9. The molecular formula is C70H129NO10. The standard InChI is InChI=1S/C70H129NO10/c1-4-7-10-13-16-19-22-24-26-28-29-30-31-32-33-34-36-37-39-42-45-48-51-54-57-63(74)69(78)71-61(62(73)56-53-50-47-44-41-21-18-15-12-9-6-3)60-79-70-68(67(77)66(76)64(59-72)80-70)81-65(75)58-55-52-49-46-43-40-38-35-27-25-23-20-17-14-11-8-5-2/h17,20,24-27,53,56,61-64,66-68,70,72-74,76-77H,4-16,18-19,21-23,28-52,54-55,57-60H2,1-3H3,(H,71,78)/b20-17-,26-24+,27-25-,56-53+. The van der Waals surface area contributed by atoms with E-state index in [1.807, 2.05) is 6.08 Å². The Bertz CT molecular complexity index is 1500. The van der Waals surface area contributed by atoms with Gasteiger partial charge in [0.1, 0.15) is 24.4 Å². The normalized spacial score (nSPS) is 18.9. The van der Waals surface area contributed by atoms with Crippen LogP contribution in [0.1, 0.15) is 323 Å². The molecule has 0 spiro atoms. The van der Waals surface area contributed by atoms with Gasteiger partial charge < -0.3 is 45.1 Å². The van der Waals surface area contributed by atoms with Gasteiger partial charge in [-0.25, -0.2) is 0 Å². The Hall–Kier alpha value is -2.38. The molecule has 11 heteroatoms. The van der Waals surface area contributed by atoms with Gasteiger partial charge in [-0.3, -0.25) is 9.59 Å². The molecule has 1 fully saturated rings. The number of aliphatic hydroxyl groups excluding tert-OH is 5. The van der Waals surface area contributed by atoms with Crippen LogP contribution in [0.2, 0.25) is 0 Å². The van der Waals surface area contributed by atoms with Crippen molar-refractivity contribution in [1.82, 2.24) is 5.32 Å². The first-order chi connectivity index (χ1) is 39.7. The van der Waals surface area contributed by atoms with Crippen LogP contribution in [0.3, 0.4) is 0 Å². The van der Waals surface area contributed by atoms with E-state index in [-0.39, 0.29) is 13.0 Å². The fraction of sp³-hybridized carbons (Fsp3) is 0.857. The summed E-state index contributed by atoms with van der Waals surface area (Å²) in [6, 6.07) is -1.02. The number of carbonyl (C=O) groups excluding carboxylic acids is 2. The highest BCUT2D eigenvalue weighted by atomic mass is 16.7. The third kappa shape index (κ3) is 45.6. The van der Waals surface area contributed by atoms with E-state index >= 15 is 0 Å². The molecule has 1 rings (SSSR count). The molecule has 474 valence electrons. The van der Waals surface area contributed by atoms with Crippen molar-refractivity contribution in [3.8, 4) is 0 Å². The lowest BCUT2D eigenvalue weighted by molar-refractivity contribution is -0.305. The molecular weight excluding hydrogens is 1010 g/mol. The van der Waals surface area contributed by atoms with Crippen molar-refractivity contribution in [3.05, 3.63) is 48.6 Å². The second kappa shape index (κ2) is 58.0. The number of allylic oxidation sites excluding steroid dienone is 7. The highest BCUT2D eigenvalue weighted by Crippen LogP contribution is 2.26. The first-order valence-corrected chi connectivity index (χ1v) is 34.4. The van der Waals surface area contributed by atoms with Gasteiger partial charge >= 0.3 is 5.97 Å². The third-order valence-corrected chi connectivity index (χ3v) is 16.2. The molecule has 8 atom stereocenters. The monoisotopic (exact) mass is 1140 g/mol. The fourth-order valence-corrected chi connectivity index (χ4v) is 10.7. The van der Waals surface area contributed by atoms with Crippen LogP contribution in [-0.2, 0) is 23.8 Å². The van der Waals surface area contributed by atoms with Gasteiger partial charge in [-0.15, -0.1) is 0 Å². The van der Waals surface area contributed by atoms with Crippen molar-refractivity contribution in [3.63, 3.8) is 0 Å². The zero-order valence-corrected chi connectivity index (χ0v) is 52.7. The largest absolute Gasteiger partial charge is 0.454 e. The van der Waals surface area contributed by atoms with Gasteiger partial charge in [0.2, 0.25) is 5.91 Å². The molecule has 0 aromatic carbocycles. The quantitative estimate of drug-likeness (QED) is 0.0195. The van der Waals surface area contributed by atoms with Crippen molar-refractivity contribution in [2.24, 2.45) is 0 Å². The van der Waals surface area contributed by atoms with E-state index in [1.54, 1.807) is 6.08 Å². The predicted molar refractivity (Wildman–Crippen MR) is 338 cm³/mol. The van der Waals surface area contributed by atoms with Gasteiger partial charge in [-0.2, -0.15) is 0 Å². The number of rotatable bonds is 59. The number of esters is 1. The van der Waals surface area contributed by atoms with Gasteiger partial charge in [0, 0.05) is 6.42 Å². The molecule has 8 unspecified atom stereocenters. The molecule has 0 aromatic rings. The summed E-state index contributed by atoms with van der Waals surface area (Å²) in [5.41, 5.74) is 0. The number of aliphatic hydroxyl groups is 5. The summed E-state index contributed by atoms with van der Waals surface area (Å²) in [7, 11) is 0. The molecule has 0 bridgehead atoms. The topological polar surface area (TPSA) is 175 Å². The average Bonchev–Trinajstić information content (AvgIpc) is 3.52. The summed E-state index contributed by atoms with van der Waals surface area (Å²) in [6.07, 6.45) is 61.6. The Morgan fingerprint density at radius 1 is 0.481 bits per heavy atom. The summed E-state index contributed by atoms with van der Waals surface area (Å²) >= 11 is 0. The minimum Gasteiger partial charge on any atom is -0.454 e. The molecule has 0 radical (unpaired) electrons. The maximum absolute atomic E-state index is 13.5. The van der Waals surface area contributed by atoms with E-state index in [0.29, 0.717) is 19.3 Å². The maximum atomic E-state index is 13.5. The zero-order valence-electron chi connectivity index (χ0n) is 52.7. The van der Waals surface area contributed by atoms with Crippen LogP contribution in [0.25, 0.3) is 0 Å². The van der Waals surface area contributed by atoms with Crippen LogP contribution in [0, 0.1) is 0 Å². The Labute approximate surface area is 497 Å². The highest BCUT2D eigenvalue weighted by Gasteiger charge is 2.47. The molecule has 1 amide bonds. The summed E-state index contributed by atoms with van der Waals surface area (Å²) in [6.45, 7) is 5.78. The smallest absolute Gasteiger partial charge is 0.306 e. The predicted octanol–water partition coefficient (Wildman–Crippen LogP) is 17.2. The van der Waals surface area contributed by atoms with Crippen molar-refractivity contribution in [1.29, 1.82) is 0 Å². The molecule has 1 saturated heterocycles. The number of hydrogen-bond acceptors (Lipinski definition) is 10. The van der Waals surface area contributed by atoms with Crippen molar-refractivity contribution < 1.29 is 49.3 Å². The summed E-state index contributed by atoms with van der Waals surface area (Å²) < 4.78 is 17.7. The van der Waals surface area contributed by atoms with Gasteiger partial charge in [-0.1, -0.05) is 281 Å². The molecule has 6 N–H and O–H groups in total. The minimum absolute atomic E-state index is 0.116. The second-order valence-corrected chi connectivity index (χ2v) is 23.9. The number of amides is 1. The van der Waals surface area contributed by atoms with Crippen LogP contribution in [0.5, 0.6) is 0 Å². The molecule has 11 nitrogen and oxygen atoms in total. The molecule has 1 aliphatic rings. The number of ether oxygens (including phenoxy) is 3. The van der Waals surface area contributed by atoms with Crippen molar-refractivity contribution >= 4 is 11.9 Å². The number of carbonyl (C=O) groups is 2. The molecule has 0 aliphatic carbocycles. The van der Waals surface area contributed by atoms with Crippen LogP contribution in [0.15, 0.2) is 48.6 Å². The van der Waals surface area contributed by atoms with Crippen molar-refractivity contribution in [2.45, 2.75) is 372 Å². The van der Waals surface area contributed by atoms with E-state index in [9.17, 15) is 35.1 Å². The minimum atomic E-state index is -1.62. The van der Waals surface area contributed by atoms with Crippen molar-refractivity contribution in [2.75, 3.05) is 13.2 Å². The van der Waals surface area contributed by atoms with E-state index in [2.05, 4.69) is 62.5 Å². The molecule has 81 heavy (non-hydrogen) atoms. The van der Waals surface area contributed by atoms with Gasteiger partial charge in [-0.05, 0) is 83.5 Å². The molecule has 1 aliphatic heterocycles. The van der Waals surface area contributed by atoms with E-state index < -0.39 is 67.4 Å². The lowest BCUT2D eigenvalue weighted by Crippen LogP contribution is -2.61. The van der Waals surface area contributed by atoms with Crippen LogP contribution >= 0.6 is 0 Å². The van der Waals surface area contributed by atoms with Crippen LogP contribution in [-0.4, -0.2) is 99.6 Å². The number of hydrogen-bond donors (Lipinski definition) is 6. The zero-order chi connectivity index (χ0) is 58.9. The lowest BCUT2D eigenvalue weighted by Gasteiger charge is -2.41. The fourth-order valence-electron chi connectivity index (χ4n) is 10.7. The highest BCUT2D eigenvalue weighted by molar-refractivity contribution is 5.80. The van der Waals surface area contributed by atoms with Crippen LogP contribution < -0.4 is 5.32 Å². The van der Waals surface area contributed by atoms with E-state index in [0.717, 1.165) is 77.0 Å². The Morgan fingerprint density at radius 3 is 1.30 bits per heavy atom. The molecule has 1 heterocycles. The summed E-state index contributed by atoms with van der Waals surface area (Å²) in [5, 5.41) is 57.1. The SMILES string of the molecule is CCCCC/C=C\C/C=C\CCCCCCCCCC(=O)OC1C(OCC(NC(=O)C(O)CCCCCCCCCCCCCCCC/C=C/CCCCCCCC)C(O)/C=C/CCCCCCCCCCC)OC(CO)C(O)C1O. The first kappa shape index (κ1) is 76.6. The Balaban J connectivity index is 2.57. The summed E-state index contributed by atoms with van der Waals surface area (Å²) in [4.78, 5) is 26.6. The molecule has 0 saturated carbocycles. The average molecular weight is 1140 g/mol. The molecule has 0 aromatic heterocycles. The third-order valence-electron chi connectivity index (χ3n) is 16.2. The van der Waals surface area contributed by atoms with Gasteiger partial charge in [0.15, 0.2) is 12.4 Å². The Morgan fingerprint density at radius 2 is 0.852 bits per heavy atom. The lowest BCUT2D eigenvalue weighted by atomic mass is 9.99. The maximum Gasteiger partial charge on any atom is 0.306 e.